The van der Waals surface area contributed by atoms with Crippen molar-refractivity contribution in [2.75, 3.05) is 5.90 Å². The molecule has 8 heteroatoms. The van der Waals surface area contributed by atoms with Crippen molar-refractivity contribution in [1.29, 1.82) is 0 Å². The molecule has 0 radical (unpaired) electrons. The van der Waals surface area contributed by atoms with E-state index in [2.05, 4.69) is 0 Å². The van der Waals surface area contributed by atoms with Crippen molar-refractivity contribution < 1.29 is 9.13 Å². The van der Waals surface area contributed by atoms with E-state index in [1.807, 2.05) is 13.8 Å². The van der Waals surface area contributed by atoms with E-state index >= 15 is 0 Å². The number of hydrogen-bond acceptors (Lipinski definition) is 2. The van der Waals surface area contributed by atoms with Gasteiger partial charge in [-0.1, -0.05) is 49.2 Å². The maximum Gasteiger partial charge on any atom is 0.194 e. The Labute approximate surface area is 123 Å². The van der Waals surface area contributed by atoms with Crippen LogP contribution in [0.2, 0.25) is 0 Å². The summed E-state index contributed by atoms with van der Waals surface area (Å²) in [6, 6.07) is 0. The summed E-state index contributed by atoms with van der Waals surface area (Å²) >= 11 is 23.7. The first-order valence-corrected chi connectivity index (χ1v) is 12.1. The Kier molecular flexibility index (Phi) is 8.79. The second kappa shape index (κ2) is 8.03. The highest BCUT2D eigenvalue weighted by Gasteiger charge is 2.40. The molecule has 0 bridgehead atoms. The van der Waals surface area contributed by atoms with Gasteiger partial charge in [0.05, 0.1) is 5.90 Å². The summed E-state index contributed by atoms with van der Waals surface area (Å²) in [5, 5.41) is -1.38. The molecular weight excluding hydrogens is 344 g/mol. The minimum absolute atomic E-state index is 0.272. The van der Waals surface area contributed by atoms with Crippen LogP contribution in [0.1, 0.15) is 39.5 Å². The minimum atomic E-state index is -3.24. The van der Waals surface area contributed by atoms with E-state index < -0.39 is 23.2 Å². The Balaban J connectivity index is 4.69. The summed E-state index contributed by atoms with van der Waals surface area (Å²) < 4.78 is 24.3. The Morgan fingerprint density at radius 3 is 1.41 bits per heavy atom. The fourth-order valence-electron chi connectivity index (χ4n) is 1.30. The average molecular weight is 362 g/mol. The number of halogens is 4. The van der Waals surface area contributed by atoms with E-state index in [-0.39, 0.29) is 5.90 Å². The molecule has 0 aliphatic rings. The molecule has 0 heterocycles. The molecule has 4 atom stereocenters. The largest absolute Gasteiger partial charge is 0.305 e. The molecule has 0 aromatic rings. The molecule has 0 aromatic heterocycles. The maximum atomic E-state index is 12.1. The van der Waals surface area contributed by atoms with Gasteiger partial charge < -0.3 is 9.13 Å². The van der Waals surface area contributed by atoms with Crippen LogP contribution in [0.3, 0.4) is 0 Å². The summed E-state index contributed by atoms with van der Waals surface area (Å²) in [5.41, 5.74) is 0. The molecule has 104 valence electrons. The van der Waals surface area contributed by atoms with Gasteiger partial charge in [0.25, 0.3) is 0 Å². The first-order chi connectivity index (χ1) is 7.67. The van der Waals surface area contributed by atoms with Crippen LogP contribution in [0, 0.1) is 0 Å². The monoisotopic (exact) mass is 360 g/mol. The zero-order valence-corrected chi connectivity index (χ0v) is 14.7. The lowest BCUT2D eigenvalue weighted by Crippen LogP contribution is -2.04. The van der Waals surface area contributed by atoms with Crippen molar-refractivity contribution in [2.45, 2.75) is 49.8 Å². The normalized spacial score (nSPS) is 22.5. The van der Waals surface area contributed by atoms with E-state index in [4.69, 9.17) is 45.7 Å². The molecule has 0 N–H and O–H groups in total. The molecule has 2 nitrogen and oxygen atoms in total. The first-order valence-electron chi connectivity index (χ1n) is 5.52. The summed E-state index contributed by atoms with van der Waals surface area (Å²) in [7, 11) is 0. The topological polar surface area (TPSA) is 34.1 Å². The van der Waals surface area contributed by atoms with Crippen LogP contribution in [0.5, 0.6) is 0 Å². The zero-order valence-electron chi connectivity index (χ0n) is 9.91. The van der Waals surface area contributed by atoms with Gasteiger partial charge in [0.1, 0.15) is 10.2 Å². The lowest BCUT2D eigenvalue weighted by molar-refractivity contribution is 0.573. The second-order valence-corrected chi connectivity index (χ2v) is 14.3. The third-order valence-electron chi connectivity index (χ3n) is 2.28. The Bertz CT molecular complexity index is 294. The summed E-state index contributed by atoms with van der Waals surface area (Å²) in [5.74, 6) is -0.272. The average Bonchev–Trinajstić information content (AvgIpc) is 2.16. The van der Waals surface area contributed by atoms with Crippen LogP contribution in [0.25, 0.3) is 0 Å². The van der Waals surface area contributed by atoms with Gasteiger partial charge in [-0.2, -0.15) is 0 Å². The Hall–Kier alpha value is 1.62. The fraction of sp³-hybridized carbons (Fsp3) is 1.00. The molecule has 0 spiro atoms. The van der Waals surface area contributed by atoms with Gasteiger partial charge in [0, 0.05) is 0 Å². The highest BCUT2D eigenvalue weighted by atomic mass is 35.7. The van der Waals surface area contributed by atoms with E-state index in [0.29, 0.717) is 12.8 Å². The third-order valence-corrected chi connectivity index (χ3v) is 13.8. The van der Waals surface area contributed by atoms with Crippen LogP contribution in [0.4, 0.5) is 0 Å². The number of alkyl halides is 2. The molecule has 0 aromatic carbocycles. The standard InChI is InChI=1S/C9H18Cl4O2P2/c1-3-5-8(10)16(12,14)7-17(13,15)9(11)6-4-2/h8-9H,3-7H2,1-2H3. The van der Waals surface area contributed by atoms with Crippen LogP contribution in [-0.2, 0) is 9.13 Å². The van der Waals surface area contributed by atoms with Crippen molar-refractivity contribution in [1.82, 2.24) is 0 Å². The molecule has 0 saturated carbocycles. The van der Waals surface area contributed by atoms with E-state index in [1.54, 1.807) is 0 Å². The molecular formula is C9H18Cl4O2P2. The summed E-state index contributed by atoms with van der Waals surface area (Å²) in [6.07, 6.45) is 2.55. The smallest absolute Gasteiger partial charge is 0.194 e. The molecule has 4 unspecified atom stereocenters. The van der Waals surface area contributed by atoms with Gasteiger partial charge in [0.2, 0.25) is 0 Å². The Morgan fingerprint density at radius 2 is 1.18 bits per heavy atom. The number of rotatable bonds is 8. The maximum absolute atomic E-state index is 12.1. The van der Waals surface area contributed by atoms with Gasteiger partial charge in [-0.25, -0.2) is 0 Å². The van der Waals surface area contributed by atoms with Crippen LogP contribution in [0.15, 0.2) is 0 Å². The lowest BCUT2D eigenvalue weighted by Gasteiger charge is -2.22. The predicted molar refractivity (Wildman–Crippen MR) is 80.9 cm³/mol. The molecule has 17 heavy (non-hydrogen) atoms. The Morgan fingerprint density at radius 1 is 0.882 bits per heavy atom. The first kappa shape index (κ1) is 18.6. The van der Waals surface area contributed by atoms with Crippen LogP contribution in [-0.4, -0.2) is 16.1 Å². The number of hydrogen-bond donors (Lipinski definition) is 0. The summed E-state index contributed by atoms with van der Waals surface area (Å²) in [4.78, 5) is 0. The van der Waals surface area contributed by atoms with Crippen LogP contribution < -0.4 is 0 Å². The van der Waals surface area contributed by atoms with Gasteiger partial charge >= 0.3 is 0 Å². The molecule has 0 fully saturated rings. The molecule has 0 saturated heterocycles. The van der Waals surface area contributed by atoms with Gasteiger partial charge in [0.15, 0.2) is 13.0 Å². The SMILES string of the molecule is CCCC(Cl)P(=O)(Cl)CP(=O)(Cl)C(Cl)CCC. The highest BCUT2D eigenvalue weighted by Crippen LogP contribution is 2.73. The highest BCUT2D eigenvalue weighted by molar-refractivity contribution is 8.04. The van der Waals surface area contributed by atoms with Crippen molar-refractivity contribution in [3.63, 3.8) is 0 Å². The van der Waals surface area contributed by atoms with Gasteiger partial charge in [-0.05, 0) is 12.8 Å². The molecule has 0 aliphatic carbocycles. The van der Waals surface area contributed by atoms with E-state index in [9.17, 15) is 9.13 Å². The predicted octanol–water partition coefficient (Wildman–Crippen LogP) is 6.71. The van der Waals surface area contributed by atoms with Gasteiger partial charge in [-0.15, -0.1) is 23.2 Å². The fourth-order valence-corrected chi connectivity index (χ4v) is 11.6. The van der Waals surface area contributed by atoms with E-state index in [1.165, 1.54) is 0 Å². The zero-order chi connectivity index (χ0) is 13.7. The second-order valence-electron chi connectivity index (χ2n) is 3.99. The van der Waals surface area contributed by atoms with E-state index in [0.717, 1.165) is 12.8 Å². The molecule has 0 aliphatic heterocycles. The lowest BCUT2D eigenvalue weighted by atomic mass is 10.4. The molecule has 0 rings (SSSR count). The summed E-state index contributed by atoms with van der Waals surface area (Å²) in [6.45, 7) is -2.66. The quantitative estimate of drug-likeness (QED) is 0.355. The van der Waals surface area contributed by atoms with Crippen molar-refractivity contribution in [3.8, 4) is 0 Å². The van der Waals surface area contributed by atoms with Crippen LogP contribution >= 0.6 is 58.7 Å². The third kappa shape index (κ3) is 6.55. The van der Waals surface area contributed by atoms with Crippen molar-refractivity contribution in [3.05, 3.63) is 0 Å². The minimum Gasteiger partial charge on any atom is -0.305 e. The van der Waals surface area contributed by atoms with Crippen molar-refractivity contribution in [2.24, 2.45) is 0 Å². The van der Waals surface area contributed by atoms with Gasteiger partial charge in [-0.3, -0.25) is 0 Å². The van der Waals surface area contributed by atoms with Crippen molar-refractivity contribution >= 4 is 58.7 Å². The molecule has 0 amide bonds.